The molecule has 1 aromatic heterocycles. The van der Waals surface area contributed by atoms with Crippen molar-refractivity contribution in [1.82, 2.24) is 15.6 Å². The highest BCUT2D eigenvalue weighted by atomic mass is 32.1. The van der Waals surface area contributed by atoms with Crippen LogP contribution in [0, 0.1) is 12.8 Å². The Kier molecular flexibility index (Phi) is 8.35. The van der Waals surface area contributed by atoms with Gasteiger partial charge in [-0.15, -0.1) is 11.3 Å². The lowest BCUT2D eigenvalue weighted by Gasteiger charge is -2.11. The van der Waals surface area contributed by atoms with E-state index in [1.165, 1.54) is 28.4 Å². The minimum absolute atomic E-state index is 0.766. The van der Waals surface area contributed by atoms with Crippen molar-refractivity contribution in [1.29, 1.82) is 0 Å². The van der Waals surface area contributed by atoms with E-state index < -0.39 is 0 Å². The fourth-order valence-corrected chi connectivity index (χ4v) is 3.17. The first-order valence-electron chi connectivity index (χ1n) is 7.96. The van der Waals surface area contributed by atoms with Crippen LogP contribution < -0.4 is 10.6 Å². The van der Waals surface area contributed by atoms with Gasteiger partial charge in [0, 0.05) is 31.4 Å². The van der Waals surface area contributed by atoms with Gasteiger partial charge < -0.3 is 10.6 Å². The number of guanidine groups is 1. The van der Waals surface area contributed by atoms with Crippen molar-refractivity contribution >= 4 is 17.3 Å². The third kappa shape index (κ3) is 6.93. The Morgan fingerprint density at radius 1 is 1.29 bits per heavy atom. The zero-order chi connectivity index (χ0) is 15.7. The molecule has 120 valence electrons. The molecule has 0 atom stereocenters. The molecular formula is C16H30N4S. The van der Waals surface area contributed by atoms with Crippen LogP contribution in [-0.4, -0.2) is 31.1 Å². The van der Waals surface area contributed by atoms with E-state index in [0.717, 1.165) is 37.8 Å². The predicted octanol–water partition coefficient (Wildman–Crippen LogP) is 3.16. The largest absolute Gasteiger partial charge is 0.356 e. The van der Waals surface area contributed by atoms with Gasteiger partial charge in [-0.3, -0.25) is 4.99 Å². The van der Waals surface area contributed by atoms with Gasteiger partial charge in [0.2, 0.25) is 0 Å². The van der Waals surface area contributed by atoms with Crippen molar-refractivity contribution < 1.29 is 0 Å². The van der Waals surface area contributed by atoms with Crippen molar-refractivity contribution in [3.8, 4) is 0 Å². The smallest absolute Gasteiger partial charge is 0.190 e. The molecule has 0 aliphatic heterocycles. The van der Waals surface area contributed by atoms with Crippen LogP contribution in [0.4, 0.5) is 0 Å². The predicted molar refractivity (Wildman–Crippen MR) is 93.4 cm³/mol. The van der Waals surface area contributed by atoms with Gasteiger partial charge in [-0.2, -0.15) is 0 Å². The van der Waals surface area contributed by atoms with Gasteiger partial charge in [0.15, 0.2) is 5.96 Å². The standard InChI is InChI=1S/C16H30N4S/c1-6-14-13(4)21-15(20-14)9-11-19-16(17-5)18-10-7-8-12(2)3/h12H,6-11H2,1-5H3,(H2,17,18,19). The van der Waals surface area contributed by atoms with E-state index in [0.29, 0.717) is 0 Å². The third-order valence-electron chi connectivity index (χ3n) is 3.38. The lowest BCUT2D eigenvalue weighted by Crippen LogP contribution is -2.38. The first-order valence-corrected chi connectivity index (χ1v) is 8.78. The molecule has 0 aliphatic carbocycles. The average molecular weight is 311 g/mol. The fourth-order valence-electron chi connectivity index (χ4n) is 2.15. The van der Waals surface area contributed by atoms with Crippen LogP contribution in [0.1, 0.15) is 49.2 Å². The van der Waals surface area contributed by atoms with Crippen LogP contribution in [0.3, 0.4) is 0 Å². The number of aryl methyl sites for hydroxylation is 2. The molecule has 5 heteroatoms. The molecule has 0 aromatic carbocycles. The highest BCUT2D eigenvalue weighted by Gasteiger charge is 2.06. The molecule has 1 aromatic rings. The summed E-state index contributed by atoms with van der Waals surface area (Å²) in [6, 6.07) is 0. The van der Waals surface area contributed by atoms with Crippen molar-refractivity contribution in [3.63, 3.8) is 0 Å². The molecule has 4 nitrogen and oxygen atoms in total. The summed E-state index contributed by atoms with van der Waals surface area (Å²) in [5.41, 5.74) is 1.24. The Bertz CT molecular complexity index is 437. The van der Waals surface area contributed by atoms with Gasteiger partial charge in [0.25, 0.3) is 0 Å². The molecule has 2 N–H and O–H groups in total. The maximum atomic E-state index is 4.66. The zero-order valence-electron chi connectivity index (χ0n) is 14.1. The van der Waals surface area contributed by atoms with Crippen LogP contribution in [0.15, 0.2) is 4.99 Å². The van der Waals surface area contributed by atoms with E-state index in [4.69, 9.17) is 0 Å². The lowest BCUT2D eigenvalue weighted by molar-refractivity contribution is 0.549. The Labute approximate surface area is 133 Å². The van der Waals surface area contributed by atoms with Gasteiger partial charge in [-0.05, 0) is 32.1 Å². The number of aliphatic imine (C=N–C) groups is 1. The molecule has 1 heterocycles. The van der Waals surface area contributed by atoms with Crippen molar-refractivity contribution in [2.75, 3.05) is 20.1 Å². The number of nitrogens with one attached hydrogen (secondary N) is 2. The minimum atomic E-state index is 0.766. The second-order valence-electron chi connectivity index (χ2n) is 5.68. The summed E-state index contributed by atoms with van der Waals surface area (Å²) in [5, 5.41) is 7.93. The summed E-state index contributed by atoms with van der Waals surface area (Å²) in [4.78, 5) is 10.3. The maximum absolute atomic E-state index is 4.66. The quantitative estimate of drug-likeness (QED) is 0.440. The average Bonchev–Trinajstić information content (AvgIpc) is 2.81. The lowest BCUT2D eigenvalue weighted by atomic mass is 10.1. The topological polar surface area (TPSA) is 49.3 Å². The van der Waals surface area contributed by atoms with Crippen LogP contribution in [0.25, 0.3) is 0 Å². The van der Waals surface area contributed by atoms with Gasteiger partial charge in [-0.25, -0.2) is 4.98 Å². The first-order chi connectivity index (χ1) is 10.1. The number of nitrogens with zero attached hydrogens (tertiary/aromatic N) is 2. The minimum Gasteiger partial charge on any atom is -0.356 e. The van der Waals surface area contributed by atoms with Crippen molar-refractivity contribution in [3.05, 3.63) is 15.6 Å². The summed E-state index contributed by atoms with van der Waals surface area (Å²) in [6.07, 6.45) is 4.42. The van der Waals surface area contributed by atoms with Gasteiger partial charge >= 0.3 is 0 Å². The molecule has 0 bridgehead atoms. The van der Waals surface area contributed by atoms with E-state index in [1.807, 2.05) is 18.4 Å². The van der Waals surface area contributed by atoms with Gasteiger partial charge in [0.05, 0.1) is 10.7 Å². The maximum Gasteiger partial charge on any atom is 0.190 e. The van der Waals surface area contributed by atoms with E-state index in [2.05, 4.69) is 48.3 Å². The van der Waals surface area contributed by atoms with Crippen LogP contribution in [-0.2, 0) is 12.8 Å². The normalized spacial score (nSPS) is 12.0. The number of aromatic nitrogens is 1. The molecule has 21 heavy (non-hydrogen) atoms. The van der Waals surface area contributed by atoms with E-state index in [9.17, 15) is 0 Å². The van der Waals surface area contributed by atoms with Crippen molar-refractivity contribution in [2.24, 2.45) is 10.9 Å². The number of thiazole rings is 1. The molecular weight excluding hydrogens is 280 g/mol. The van der Waals surface area contributed by atoms with E-state index in [1.54, 1.807) is 0 Å². The third-order valence-corrected chi connectivity index (χ3v) is 4.45. The first kappa shape index (κ1) is 18.0. The second kappa shape index (κ2) is 9.77. The molecule has 1 rings (SSSR count). The number of rotatable bonds is 8. The van der Waals surface area contributed by atoms with Crippen LogP contribution in [0.5, 0.6) is 0 Å². The summed E-state index contributed by atoms with van der Waals surface area (Å²) >= 11 is 1.81. The Balaban J connectivity index is 2.25. The summed E-state index contributed by atoms with van der Waals surface area (Å²) in [6.45, 7) is 10.7. The monoisotopic (exact) mass is 310 g/mol. The highest BCUT2D eigenvalue weighted by molar-refractivity contribution is 7.11. The van der Waals surface area contributed by atoms with Crippen LogP contribution >= 0.6 is 11.3 Å². The second-order valence-corrected chi connectivity index (χ2v) is 6.96. The van der Waals surface area contributed by atoms with Gasteiger partial charge in [0.1, 0.15) is 0 Å². The zero-order valence-corrected chi connectivity index (χ0v) is 14.9. The number of hydrogen-bond donors (Lipinski definition) is 2. The Morgan fingerprint density at radius 3 is 2.57 bits per heavy atom. The van der Waals surface area contributed by atoms with E-state index in [-0.39, 0.29) is 0 Å². The molecule has 0 fully saturated rings. The molecule has 0 spiro atoms. The molecule has 0 saturated heterocycles. The fraction of sp³-hybridized carbons (Fsp3) is 0.750. The van der Waals surface area contributed by atoms with Gasteiger partial charge in [-0.1, -0.05) is 20.8 Å². The molecule has 0 amide bonds. The van der Waals surface area contributed by atoms with Crippen molar-refractivity contribution in [2.45, 2.75) is 53.4 Å². The summed E-state index contributed by atoms with van der Waals surface area (Å²) in [7, 11) is 1.82. The Hall–Kier alpha value is -1.10. The van der Waals surface area contributed by atoms with Crippen LogP contribution in [0.2, 0.25) is 0 Å². The summed E-state index contributed by atoms with van der Waals surface area (Å²) in [5.74, 6) is 1.66. The molecule has 0 radical (unpaired) electrons. The molecule has 0 saturated carbocycles. The van der Waals surface area contributed by atoms with E-state index >= 15 is 0 Å². The Morgan fingerprint density at radius 2 is 2.00 bits per heavy atom. The summed E-state index contributed by atoms with van der Waals surface area (Å²) < 4.78 is 0. The highest BCUT2D eigenvalue weighted by Crippen LogP contribution is 2.17. The molecule has 0 aliphatic rings. The number of hydrogen-bond acceptors (Lipinski definition) is 3. The SMILES string of the molecule is CCc1nc(CCNC(=NC)NCCCC(C)C)sc1C. The molecule has 0 unspecified atom stereocenters.